The van der Waals surface area contributed by atoms with E-state index in [0.29, 0.717) is 12.2 Å². The van der Waals surface area contributed by atoms with Gasteiger partial charge in [0, 0.05) is 12.7 Å². The lowest BCUT2D eigenvalue weighted by Gasteiger charge is -2.08. The summed E-state index contributed by atoms with van der Waals surface area (Å²) in [5.74, 6) is 2.56. The van der Waals surface area contributed by atoms with Crippen LogP contribution in [0.2, 0.25) is 0 Å². The quantitative estimate of drug-likeness (QED) is 0.223. The third kappa shape index (κ3) is 3.26. The molecule has 5 heteroatoms. The largest absolute Gasteiger partial charge is 0.409 e. The Hall–Kier alpha value is -2.06. The van der Waals surface area contributed by atoms with Crippen LogP contribution in [-0.2, 0) is 6.54 Å². The second-order valence-electron chi connectivity index (χ2n) is 3.30. The molecule has 0 saturated heterocycles. The Bertz CT molecular complexity index is 422. The lowest BCUT2D eigenvalue weighted by Crippen LogP contribution is -2.24. The first-order valence-corrected chi connectivity index (χ1v) is 4.79. The smallest absolute Gasteiger partial charge is 0.188 e. The molecule has 1 aromatic heterocycles. The van der Waals surface area contributed by atoms with E-state index in [1.165, 1.54) is 0 Å². The van der Waals surface area contributed by atoms with Gasteiger partial charge in [-0.15, -0.1) is 6.42 Å². The van der Waals surface area contributed by atoms with Crippen molar-refractivity contribution in [2.24, 2.45) is 10.9 Å². The fourth-order valence-electron chi connectivity index (χ4n) is 1.11. The Labute approximate surface area is 94.4 Å². The van der Waals surface area contributed by atoms with E-state index in [1.54, 1.807) is 12.3 Å². The first-order chi connectivity index (χ1) is 7.67. The van der Waals surface area contributed by atoms with E-state index in [1.807, 2.05) is 13.0 Å². The van der Waals surface area contributed by atoms with Gasteiger partial charge in [0.25, 0.3) is 0 Å². The van der Waals surface area contributed by atoms with Crippen LogP contribution in [0.5, 0.6) is 0 Å². The van der Waals surface area contributed by atoms with Crippen LogP contribution in [0.25, 0.3) is 0 Å². The predicted molar refractivity (Wildman–Crippen MR) is 61.9 cm³/mol. The fourth-order valence-corrected chi connectivity index (χ4v) is 1.11. The topological polar surface area (TPSA) is 83.5 Å². The Morgan fingerprint density at radius 3 is 3.19 bits per heavy atom. The number of rotatable bonds is 4. The number of hydrogen-bond donors (Lipinski definition) is 3. The summed E-state index contributed by atoms with van der Waals surface area (Å²) in [7, 11) is 0. The molecule has 5 nitrogen and oxygen atoms in total. The molecule has 0 amide bonds. The lowest BCUT2D eigenvalue weighted by atomic mass is 10.2. The highest BCUT2D eigenvalue weighted by Gasteiger charge is 2.03. The third-order valence-electron chi connectivity index (χ3n) is 2.06. The Morgan fingerprint density at radius 2 is 2.56 bits per heavy atom. The van der Waals surface area contributed by atoms with Gasteiger partial charge in [-0.05, 0) is 24.6 Å². The van der Waals surface area contributed by atoms with E-state index in [0.717, 1.165) is 5.56 Å². The molecule has 0 saturated carbocycles. The van der Waals surface area contributed by atoms with Gasteiger partial charge < -0.3 is 10.9 Å². The molecule has 1 aromatic rings. The third-order valence-corrected chi connectivity index (χ3v) is 2.06. The summed E-state index contributed by atoms with van der Waals surface area (Å²) in [6, 6.07) is 3.58. The molecule has 0 aliphatic carbocycles. The molecule has 0 fully saturated rings. The van der Waals surface area contributed by atoms with Gasteiger partial charge in [-0.25, -0.2) is 0 Å². The second-order valence-corrected chi connectivity index (χ2v) is 3.30. The number of amidine groups is 1. The van der Waals surface area contributed by atoms with Crippen molar-refractivity contribution < 1.29 is 5.21 Å². The Balaban J connectivity index is 2.72. The molecule has 0 radical (unpaired) electrons. The van der Waals surface area contributed by atoms with Gasteiger partial charge in [-0.3, -0.25) is 10.3 Å². The molecule has 1 unspecified atom stereocenters. The molecular weight excluding hydrogens is 204 g/mol. The molecule has 0 spiro atoms. The molecule has 0 bridgehead atoms. The van der Waals surface area contributed by atoms with Gasteiger partial charge in [0.2, 0.25) is 0 Å². The number of hydrogen-bond acceptors (Lipinski definition) is 4. The van der Waals surface area contributed by atoms with Crippen LogP contribution in [-0.4, -0.2) is 22.1 Å². The van der Waals surface area contributed by atoms with Crippen molar-refractivity contribution in [1.82, 2.24) is 10.3 Å². The molecule has 0 aliphatic rings. The first-order valence-electron chi connectivity index (χ1n) is 4.79. The Kier molecular flexibility index (Phi) is 4.30. The minimum absolute atomic E-state index is 0.000436. The number of pyridine rings is 1. The monoisotopic (exact) mass is 218 g/mol. The minimum atomic E-state index is -0.00755. The average molecular weight is 218 g/mol. The zero-order valence-electron chi connectivity index (χ0n) is 9.01. The van der Waals surface area contributed by atoms with Crippen molar-refractivity contribution in [3.63, 3.8) is 0 Å². The van der Waals surface area contributed by atoms with E-state index in [-0.39, 0.29) is 11.9 Å². The maximum absolute atomic E-state index is 8.52. The van der Waals surface area contributed by atoms with Gasteiger partial charge in [-0.1, -0.05) is 11.1 Å². The van der Waals surface area contributed by atoms with Crippen LogP contribution in [0, 0.1) is 12.3 Å². The van der Waals surface area contributed by atoms with E-state index in [4.69, 9.17) is 17.4 Å². The van der Waals surface area contributed by atoms with Crippen LogP contribution in [0.4, 0.5) is 0 Å². The average Bonchev–Trinajstić information content (AvgIpc) is 2.35. The molecule has 0 aliphatic heterocycles. The highest BCUT2D eigenvalue weighted by molar-refractivity contribution is 5.95. The molecule has 0 aromatic carbocycles. The summed E-state index contributed by atoms with van der Waals surface area (Å²) < 4.78 is 0. The fraction of sp³-hybridized carbons (Fsp3) is 0.273. The van der Waals surface area contributed by atoms with Crippen LogP contribution in [0.3, 0.4) is 0 Å². The van der Waals surface area contributed by atoms with E-state index < -0.39 is 0 Å². The van der Waals surface area contributed by atoms with Crippen molar-refractivity contribution in [2.75, 3.05) is 0 Å². The number of terminal acetylenes is 1. The van der Waals surface area contributed by atoms with Gasteiger partial charge in [0.15, 0.2) is 5.84 Å². The maximum atomic E-state index is 8.52. The van der Waals surface area contributed by atoms with Crippen molar-refractivity contribution in [1.29, 1.82) is 0 Å². The van der Waals surface area contributed by atoms with E-state index in [9.17, 15) is 0 Å². The highest BCUT2D eigenvalue weighted by Crippen LogP contribution is 2.01. The summed E-state index contributed by atoms with van der Waals surface area (Å²) in [6.07, 6.45) is 6.84. The molecular formula is C11H14N4O. The molecule has 4 N–H and O–H groups in total. The maximum Gasteiger partial charge on any atom is 0.188 e. The first kappa shape index (κ1) is 12.0. The SMILES string of the molecule is C#CC(C)NCc1ccnc(/C(N)=N/O)c1. The Morgan fingerprint density at radius 1 is 1.81 bits per heavy atom. The van der Waals surface area contributed by atoms with Crippen LogP contribution in [0.1, 0.15) is 18.2 Å². The van der Waals surface area contributed by atoms with E-state index >= 15 is 0 Å². The molecule has 1 heterocycles. The summed E-state index contributed by atoms with van der Waals surface area (Å²) >= 11 is 0. The summed E-state index contributed by atoms with van der Waals surface area (Å²) in [6.45, 7) is 2.51. The van der Waals surface area contributed by atoms with Crippen molar-refractivity contribution in [3.8, 4) is 12.3 Å². The molecule has 84 valence electrons. The van der Waals surface area contributed by atoms with Crippen LogP contribution >= 0.6 is 0 Å². The van der Waals surface area contributed by atoms with Gasteiger partial charge in [-0.2, -0.15) is 0 Å². The normalized spacial score (nSPS) is 13.1. The molecule has 1 atom stereocenters. The van der Waals surface area contributed by atoms with Gasteiger partial charge >= 0.3 is 0 Å². The number of nitrogens with zero attached hydrogens (tertiary/aromatic N) is 2. The number of nitrogens with one attached hydrogen (secondary N) is 1. The number of oxime groups is 1. The second kappa shape index (κ2) is 5.73. The van der Waals surface area contributed by atoms with E-state index in [2.05, 4.69) is 21.4 Å². The molecule has 16 heavy (non-hydrogen) atoms. The zero-order chi connectivity index (χ0) is 12.0. The zero-order valence-corrected chi connectivity index (χ0v) is 9.01. The van der Waals surface area contributed by atoms with Crippen LogP contribution < -0.4 is 11.1 Å². The number of nitrogens with two attached hydrogens (primary N) is 1. The van der Waals surface area contributed by atoms with Crippen LogP contribution in [0.15, 0.2) is 23.5 Å². The van der Waals surface area contributed by atoms with Crippen molar-refractivity contribution in [2.45, 2.75) is 19.5 Å². The molecule has 1 rings (SSSR count). The predicted octanol–water partition coefficient (Wildman–Crippen LogP) is 0.287. The van der Waals surface area contributed by atoms with Crippen molar-refractivity contribution >= 4 is 5.84 Å². The van der Waals surface area contributed by atoms with Gasteiger partial charge in [0.1, 0.15) is 5.69 Å². The lowest BCUT2D eigenvalue weighted by molar-refractivity contribution is 0.318. The standard InChI is InChI=1S/C11H14N4O/c1-3-8(2)14-7-9-4-5-13-10(6-9)11(12)15-16/h1,4-6,8,14,16H,7H2,2H3,(H2,12,15). The van der Waals surface area contributed by atoms with Gasteiger partial charge in [0.05, 0.1) is 6.04 Å². The number of aromatic nitrogens is 1. The summed E-state index contributed by atoms with van der Waals surface area (Å²) in [5.41, 5.74) is 6.84. The van der Waals surface area contributed by atoms with Crippen molar-refractivity contribution in [3.05, 3.63) is 29.6 Å². The minimum Gasteiger partial charge on any atom is -0.409 e. The highest BCUT2D eigenvalue weighted by atomic mass is 16.4. The summed E-state index contributed by atoms with van der Waals surface area (Å²) in [4.78, 5) is 3.97. The summed E-state index contributed by atoms with van der Waals surface area (Å²) in [5, 5.41) is 14.5.